The molecule has 1 aromatic rings. The smallest absolute Gasteiger partial charge is 0.416 e. The molecule has 0 atom stereocenters. The van der Waals surface area contributed by atoms with Crippen molar-refractivity contribution in [3.05, 3.63) is 29.3 Å². The molecule has 0 aromatic heterocycles. The number of benzene rings is 1. The molecule has 0 saturated carbocycles. The summed E-state index contributed by atoms with van der Waals surface area (Å²) in [6, 6.07) is 3.68. The Kier molecular flexibility index (Phi) is 4.56. The lowest BCUT2D eigenvalue weighted by Crippen LogP contribution is -2.27. The van der Waals surface area contributed by atoms with Gasteiger partial charge in [0.25, 0.3) is 0 Å². The number of terminal acetylenes is 1. The summed E-state index contributed by atoms with van der Waals surface area (Å²) < 4.78 is 43.6. The van der Waals surface area contributed by atoms with Crippen molar-refractivity contribution < 1.29 is 17.9 Å². The zero-order chi connectivity index (χ0) is 14.6. The topological polar surface area (TPSA) is 21.3 Å². The minimum absolute atomic E-state index is 0.0285. The molecule has 0 unspecified atom stereocenters. The summed E-state index contributed by atoms with van der Waals surface area (Å²) in [6.45, 7) is 1.69. The van der Waals surface area contributed by atoms with Crippen molar-refractivity contribution >= 4 is 0 Å². The zero-order valence-corrected chi connectivity index (χ0v) is 11.0. The molecule has 0 spiro atoms. The number of halogens is 3. The maximum atomic E-state index is 12.8. The molecule has 1 aliphatic heterocycles. The van der Waals surface area contributed by atoms with Crippen LogP contribution >= 0.6 is 0 Å². The van der Waals surface area contributed by atoms with Gasteiger partial charge in [-0.2, -0.15) is 13.2 Å². The van der Waals surface area contributed by atoms with Gasteiger partial charge in [0.05, 0.1) is 5.56 Å². The van der Waals surface area contributed by atoms with Gasteiger partial charge in [0.2, 0.25) is 0 Å². The molecule has 1 N–H and O–H groups in total. The number of piperidine rings is 1. The van der Waals surface area contributed by atoms with E-state index in [0.717, 1.165) is 43.6 Å². The molecule has 0 bridgehead atoms. The zero-order valence-electron chi connectivity index (χ0n) is 11.0. The van der Waals surface area contributed by atoms with Gasteiger partial charge in [0, 0.05) is 0 Å². The molecular weight excluding hydrogens is 267 g/mol. The van der Waals surface area contributed by atoms with Crippen LogP contribution in [0.2, 0.25) is 0 Å². The average Bonchev–Trinajstić information content (AvgIpc) is 2.45. The van der Waals surface area contributed by atoms with E-state index in [1.54, 1.807) is 0 Å². The number of alkyl halides is 3. The van der Waals surface area contributed by atoms with Gasteiger partial charge in [-0.25, -0.2) is 0 Å². The van der Waals surface area contributed by atoms with Crippen molar-refractivity contribution in [1.82, 2.24) is 5.32 Å². The standard InChI is InChI=1S/C15H16F3NO/c1-2-9-20-14-10-12(15(16,17)18)3-4-13(14)11-5-7-19-8-6-11/h1,3-4,10-11,19H,5-9H2. The molecule has 5 heteroatoms. The van der Waals surface area contributed by atoms with Gasteiger partial charge in [-0.15, -0.1) is 6.42 Å². The van der Waals surface area contributed by atoms with E-state index in [9.17, 15) is 13.2 Å². The second kappa shape index (κ2) is 6.19. The molecule has 1 saturated heterocycles. The molecule has 2 nitrogen and oxygen atoms in total. The van der Waals surface area contributed by atoms with Gasteiger partial charge in [-0.3, -0.25) is 0 Å². The molecule has 1 heterocycles. The lowest BCUT2D eigenvalue weighted by molar-refractivity contribution is -0.137. The summed E-state index contributed by atoms with van der Waals surface area (Å²) in [5.41, 5.74) is 0.108. The number of nitrogens with one attached hydrogen (secondary N) is 1. The summed E-state index contributed by atoms with van der Waals surface area (Å²) in [7, 11) is 0. The number of ether oxygens (including phenoxy) is 1. The molecule has 0 aliphatic carbocycles. The summed E-state index contributed by atoms with van der Waals surface area (Å²) in [5, 5.41) is 3.23. The Morgan fingerprint density at radius 3 is 2.60 bits per heavy atom. The number of rotatable bonds is 3. The van der Waals surface area contributed by atoms with Crippen molar-refractivity contribution in [1.29, 1.82) is 0 Å². The Morgan fingerprint density at radius 2 is 2.00 bits per heavy atom. The third-order valence-corrected chi connectivity index (χ3v) is 3.43. The van der Waals surface area contributed by atoms with Crippen molar-refractivity contribution in [3.8, 4) is 18.1 Å². The first-order valence-electron chi connectivity index (χ1n) is 6.50. The highest BCUT2D eigenvalue weighted by atomic mass is 19.4. The third kappa shape index (κ3) is 3.45. The molecule has 20 heavy (non-hydrogen) atoms. The maximum Gasteiger partial charge on any atom is 0.416 e. The molecule has 1 aromatic carbocycles. The second-order valence-corrected chi connectivity index (χ2v) is 4.77. The van der Waals surface area contributed by atoms with Crippen LogP contribution < -0.4 is 10.1 Å². The highest BCUT2D eigenvalue weighted by Crippen LogP contribution is 2.37. The van der Waals surface area contributed by atoms with E-state index in [2.05, 4.69) is 11.2 Å². The second-order valence-electron chi connectivity index (χ2n) is 4.77. The predicted octanol–water partition coefficient (Wildman–Crippen LogP) is 3.18. The van der Waals surface area contributed by atoms with Gasteiger partial charge in [-0.05, 0) is 49.5 Å². The Morgan fingerprint density at radius 1 is 1.30 bits per heavy atom. The van der Waals surface area contributed by atoms with Crippen LogP contribution in [0.3, 0.4) is 0 Å². The average molecular weight is 283 g/mol. The lowest BCUT2D eigenvalue weighted by Gasteiger charge is -2.25. The third-order valence-electron chi connectivity index (χ3n) is 3.43. The van der Waals surface area contributed by atoms with Crippen LogP contribution in [0.15, 0.2) is 18.2 Å². The SMILES string of the molecule is C#CCOc1cc(C(F)(F)F)ccc1C1CCNCC1. The minimum Gasteiger partial charge on any atom is -0.481 e. The Balaban J connectivity index is 2.32. The molecule has 2 rings (SSSR count). The predicted molar refractivity (Wildman–Crippen MR) is 70.6 cm³/mol. The molecule has 0 radical (unpaired) electrons. The highest BCUT2D eigenvalue weighted by molar-refractivity contribution is 5.41. The van der Waals surface area contributed by atoms with Gasteiger partial charge in [0.1, 0.15) is 12.4 Å². The fraction of sp³-hybridized carbons (Fsp3) is 0.467. The van der Waals surface area contributed by atoms with E-state index in [4.69, 9.17) is 11.2 Å². The fourth-order valence-corrected chi connectivity index (χ4v) is 2.43. The van der Waals surface area contributed by atoms with E-state index in [-0.39, 0.29) is 18.3 Å². The van der Waals surface area contributed by atoms with Crippen LogP contribution in [0.25, 0.3) is 0 Å². The van der Waals surface area contributed by atoms with E-state index in [1.807, 2.05) is 0 Å². The van der Waals surface area contributed by atoms with Gasteiger partial charge in [-0.1, -0.05) is 12.0 Å². The number of hydrogen-bond acceptors (Lipinski definition) is 2. The lowest BCUT2D eigenvalue weighted by atomic mass is 9.89. The van der Waals surface area contributed by atoms with Crippen LogP contribution in [0, 0.1) is 12.3 Å². The first-order chi connectivity index (χ1) is 9.52. The van der Waals surface area contributed by atoms with E-state index in [1.165, 1.54) is 6.07 Å². The summed E-state index contributed by atoms with van der Waals surface area (Å²) >= 11 is 0. The Labute approximate surface area is 116 Å². The largest absolute Gasteiger partial charge is 0.481 e. The monoisotopic (exact) mass is 283 g/mol. The normalized spacial score (nSPS) is 16.7. The van der Waals surface area contributed by atoms with Crippen LogP contribution in [-0.2, 0) is 6.18 Å². The molecule has 108 valence electrons. The highest BCUT2D eigenvalue weighted by Gasteiger charge is 2.32. The summed E-state index contributed by atoms with van der Waals surface area (Å²) in [6.07, 6.45) is 2.52. The van der Waals surface area contributed by atoms with Crippen molar-refractivity contribution in [2.24, 2.45) is 0 Å². The van der Waals surface area contributed by atoms with Crippen molar-refractivity contribution in [2.75, 3.05) is 19.7 Å². The van der Waals surface area contributed by atoms with E-state index in [0.29, 0.717) is 0 Å². The van der Waals surface area contributed by atoms with Crippen LogP contribution in [0.5, 0.6) is 5.75 Å². The Bertz CT molecular complexity index is 499. The van der Waals surface area contributed by atoms with Gasteiger partial charge in [0.15, 0.2) is 0 Å². The van der Waals surface area contributed by atoms with E-state index < -0.39 is 11.7 Å². The first kappa shape index (κ1) is 14.7. The van der Waals surface area contributed by atoms with Gasteiger partial charge < -0.3 is 10.1 Å². The van der Waals surface area contributed by atoms with Crippen LogP contribution in [0.4, 0.5) is 13.2 Å². The Hall–Kier alpha value is -1.67. The van der Waals surface area contributed by atoms with Gasteiger partial charge >= 0.3 is 6.18 Å². The molecule has 1 fully saturated rings. The fourth-order valence-electron chi connectivity index (χ4n) is 2.43. The first-order valence-corrected chi connectivity index (χ1v) is 6.50. The molecular formula is C15H16F3NO. The van der Waals surface area contributed by atoms with Crippen LogP contribution in [-0.4, -0.2) is 19.7 Å². The van der Waals surface area contributed by atoms with Crippen LogP contribution in [0.1, 0.15) is 29.9 Å². The number of hydrogen-bond donors (Lipinski definition) is 1. The van der Waals surface area contributed by atoms with Crippen molar-refractivity contribution in [3.63, 3.8) is 0 Å². The summed E-state index contributed by atoms with van der Waals surface area (Å²) in [4.78, 5) is 0. The maximum absolute atomic E-state index is 12.8. The molecule has 1 aliphatic rings. The van der Waals surface area contributed by atoms with E-state index >= 15 is 0 Å². The van der Waals surface area contributed by atoms with Crippen molar-refractivity contribution in [2.45, 2.75) is 24.9 Å². The summed E-state index contributed by atoms with van der Waals surface area (Å²) in [5.74, 6) is 2.76. The molecule has 0 amide bonds. The minimum atomic E-state index is -4.37. The quantitative estimate of drug-likeness (QED) is 0.860.